The summed E-state index contributed by atoms with van der Waals surface area (Å²) in [6.07, 6.45) is 0. The van der Waals surface area contributed by atoms with Crippen molar-refractivity contribution < 1.29 is 18.0 Å². The van der Waals surface area contributed by atoms with Crippen molar-refractivity contribution in [2.75, 3.05) is 0 Å². The predicted molar refractivity (Wildman–Crippen MR) is 68.7 cm³/mol. The van der Waals surface area contributed by atoms with E-state index in [4.69, 9.17) is 16.0 Å². The van der Waals surface area contributed by atoms with Gasteiger partial charge in [0.2, 0.25) is 0 Å². The summed E-state index contributed by atoms with van der Waals surface area (Å²) in [6.45, 7) is 1.25. The Kier molecular flexibility index (Phi) is 2.57. The van der Waals surface area contributed by atoms with E-state index in [1.54, 1.807) is 6.07 Å². The Labute approximate surface area is 111 Å². The fourth-order valence-corrected chi connectivity index (χ4v) is 2.23. The van der Waals surface area contributed by atoms with E-state index < -0.39 is 17.4 Å². The van der Waals surface area contributed by atoms with Crippen LogP contribution in [0.1, 0.15) is 17.3 Å². The summed E-state index contributed by atoms with van der Waals surface area (Å²) < 4.78 is 33.1. The minimum atomic E-state index is -0.781. The molecule has 0 saturated carbocycles. The number of halogens is 3. The lowest BCUT2D eigenvalue weighted by Crippen LogP contribution is -1.96. The molecule has 0 N–H and O–H groups in total. The van der Waals surface area contributed by atoms with Crippen molar-refractivity contribution in [3.05, 3.63) is 46.5 Å². The first-order chi connectivity index (χ1) is 9.00. The summed E-state index contributed by atoms with van der Waals surface area (Å²) in [5, 5.41) is 0.734. The third-order valence-corrected chi connectivity index (χ3v) is 3.31. The van der Waals surface area contributed by atoms with Crippen molar-refractivity contribution in [2.45, 2.75) is 6.92 Å². The number of ketones is 1. The monoisotopic (exact) mass is 280 g/mol. The van der Waals surface area contributed by atoms with Gasteiger partial charge in [-0.3, -0.25) is 4.79 Å². The van der Waals surface area contributed by atoms with Gasteiger partial charge in [0, 0.05) is 10.8 Å². The molecule has 0 atom stereocenters. The van der Waals surface area contributed by atoms with Crippen LogP contribution in [-0.4, -0.2) is 5.78 Å². The van der Waals surface area contributed by atoms with Crippen molar-refractivity contribution in [1.82, 2.24) is 0 Å². The topological polar surface area (TPSA) is 30.2 Å². The maximum Gasteiger partial charge on any atom is 0.184 e. The molecule has 5 heteroatoms. The van der Waals surface area contributed by atoms with Crippen LogP contribution in [0.15, 0.2) is 28.7 Å². The normalized spacial score (nSPS) is 11.4. The Hall–Kier alpha value is -1.94. The highest BCUT2D eigenvalue weighted by atomic mass is 35.5. The van der Waals surface area contributed by atoms with Gasteiger partial charge in [0.1, 0.15) is 0 Å². The highest BCUT2D eigenvalue weighted by molar-refractivity contribution is 6.31. The van der Waals surface area contributed by atoms with E-state index in [9.17, 15) is 13.6 Å². The van der Waals surface area contributed by atoms with Crippen LogP contribution in [0, 0.1) is 11.6 Å². The molecule has 0 fully saturated rings. The minimum Gasteiger partial charge on any atom is -0.450 e. The van der Waals surface area contributed by atoms with Gasteiger partial charge in [0.25, 0.3) is 0 Å². The number of hydrogen-bond donors (Lipinski definition) is 0. The number of hydrogen-bond acceptors (Lipinski definition) is 2. The third-order valence-electron chi connectivity index (χ3n) is 3.02. The molecular formula is C14H7ClF2O2. The van der Waals surface area contributed by atoms with Crippen LogP contribution < -0.4 is 0 Å². The number of rotatable bonds is 1. The molecule has 1 aromatic heterocycles. The van der Waals surface area contributed by atoms with Gasteiger partial charge in [-0.15, -0.1) is 0 Å². The first-order valence-electron chi connectivity index (χ1n) is 5.50. The van der Waals surface area contributed by atoms with E-state index >= 15 is 0 Å². The van der Waals surface area contributed by atoms with Crippen molar-refractivity contribution >= 4 is 39.3 Å². The molecule has 2 aromatic carbocycles. The maximum atomic E-state index is 14.1. The highest BCUT2D eigenvalue weighted by Crippen LogP contribution is 2.35. The standard InChI is InChI=1S/C14H7ClF2O2/c1-6(18)7-2-3-8-9-4-5-10(15)12(17)14(9)19-13(8)11(7)16/h2-5H,1H3. The molecule has 0 bridgehead atoms. The van der Waals surface area contributed by atoms with Gasteiger partial charge in [0.15, 0.2) is 28.6 Å². The summed E-state index contributed by atoms with van der Waals surface area (Å²) in [5.74, 6) is -1.94. The van der Waals surface area contributed by atoms with E-state index in [0.29, 0.717) is 10.8 Å². The van der Waals surface area contributed by atoms with Gasteiger partial charge >= 0.3 is 0 Å². The van der Waals surface area contributed by atoms with Crippen molar-refractivity contribution in [3.8, 4) is 0 Å². The van der Waals surface area contributed by atoms with Crippen LogP contribution in [0.3, 0.4) is 0 Å². The fourth-order valence-electron chi connectivity index (χ4n) is 2.09. The van der Waals surface area contributed by atoms with E-state index in [0.717, 1.165) is 0 Å². The fraction of sp³-hybridized carbons (Fsp3) is 0.0714. The molecule has 0 aliphatic rings. The molecular weight excluding hydrogens is 274 g/mol. The Morgan fingerprint density at radius 2 is 1.63 bits per heavy atom. The lowest BCUT2D eigenvalue weighted by molar-refractivity contribution is 0.101. The molecule has 0 spiro atoms. The predicted octanol–water partition coefficient (Wildman–Crippen LogP) is 4.72. The number of carbonyl (C=O) groups is 1. The van der Waals surface area contributed by atoms with Gasteiger partial charge in [-0.2, -0.15) is 0 Å². The molecule has 2 nitrogen and oxygen atoms in total. The van der Waals surface area contributed by atoms with Crippen molar-refractivity contribution in [2.24, 2.45) is 0 Å². The first kappa shape index (κ1) is 12.1. The van der Waals surface area contributed by atoms with E-state index in [1.807, 2.05) is 0 Å². The molecule has 19 heavy (non-hydrogen) atoms. The molecule has 0 saturated heterocycles. The molecule has 0 unspecified atom stereocenters. The highest BCUT2D eigenvalue weighted by Gasteiger charge is 2.19. The summed E-state index contributed by atoms with van der Waals surface area (Å²) >= 11 is 5.65. The molecule has 0 amide bonds. The van der Waals surface area contributed by atoms with Gasteiger partial charge < -0.3 is 4.42 Å². The van der Waals surface area contributed by atoms with E-state index in [1.165, 1.54) is 25.1 Å². The zero-order valence-electron chi connectivity index (χ0n) is 9.76. The van der Waals surface area contributed by atoms with Crippen LogP contribution in [0.4, 0.5) is 8.78 Å². The molecule has 0 aliphatic heterocycles. The Morgan fingerprint density at radius 1 is 1.05 bits per heavy atom. The van der Waals surface area contributed by atoms with Gasteiger partial charge in [-0.05, 0) is 31.2 Å². The zero-order chi connectivity index (χ0) is 13.7. The summed E-state index contributed by atoms with van der Waals surface area (Å²) in [5.41, 5.74) is -0.330. The van der Waals surface area contributed by atoms with Crippen molar-refractivity contribution in [1.29, 1.82) is 0 Å². The Bertz CT molecular complexity index is 836. The van der Waals surface area contributed by atoms with Crippen LogP contribution >= 0.6 is 11.6 Å². The van der Waals surface area contributed by atoms with Crippen molar-refractivity contribution in [3.63, 3.8) is 0 Å². The van der Waals surface area contributed by atoms with E-state index in [-0.39, 0.29) is 21.8 Å². The molecule has 1 heterocycles. The Balaban J connectivity index is 2.50. The molecule has 3 rings (SSSR count). The van der Waals surface area contributed by atoms with Gasteiger partial charge in [0.05, 0.1) is 10.6 Å². The summed E-state index contributed by atoms with van der Waals surface area (Å²) in [7, 11) is 0. The summed E-state index contributed by atoms with van der Waals surface area (Å²) in [6, 6.07) is 5.83. The molecule has 96 valence electrons. The molecule has 3 aromatic rings. The van der Waals surface area contributed by atoms with Gasteiger partial charge in [-0.1, -0.05) is 11.6 Å². The minimum absolute atomic E-state index is 0.0851. The number of carbonyl (C=O) groups excluding carboxylic acids is 1. The second-order valence-electron chi connectivity index (χ2n) is 4.20. The average molecular weight is 281 g/mol. The lowest BCUT2D eigenvalue weighted by Gasteiger charge is -1.98. The van der Waals surface area contributed by atoms with Crippen LogP contribution in [-0.2, 0) is 0 Å². The largest absolute Gasteiger partial charge is 0.450 e. The maximum absolute atomic E-state index is 14.1. The average Bonchev–Trinajstić information content (AvgIpc) is 2.74. The third kappa shape index (κ3) is 1.64. The number of benzene rings is 2. The zero-order valence-corrected chi connectivity index (χ0v) is 10.5. The smallest absolute Gasteiger partial charge is 0.184 e. The first-order valence-corrected chi connectivity index (χ1v) is 5.88. The Morgan fingerprint density at radius 3 is 2.26 bits per heavy atom. The SMILES string of the molecule is CC(=O)c1ccc2c(oc3c(F)c(Cl)ccc32)c1F. The lowest BCUT2D eigenvalue weighted by atomic mass is 10.1. The molecule has 0 radical (unpaired) electrons. The second kappa shape index (κ2) is 4.03. The summed E-state index contributed by atoms with van der Waals surface area (Å²) in [4.78, 5) is 11.3. The number of fused-ring (bicyclic) bond motifs is 3. The number of Topliss-reactive ketones (excluding diaryl/α,β-unsaturated/α-hetero) is 1. The van der Waals surface area contributed by atoms with Crippen LogP contribution in [0.25, 0.3) is 21.9 Å². The van der Waals surface area contributed by atoms with E-state index in [2.05, 4.69) is 0 Å². The van der Waals surface area contributed by atoms with Crippen LogP contribution in [0.2, 0.25) is 5.02 Å². The second-order valence-corrected chi connectivity index (χ2v) is 4.61. The number of furan rings is 1. The van der Waals surface area contributed by atoms with Crippen LogP contribution in [0.5, 0.6) is 0 Å². The molecule has 0 aliphatic carbocycles. The quantitative estimate of drug-likeness (QED) is 0.604. The van der Waals surface area contributed by atoms with Gasteiger partial charge in [-0.25, -0.2) is 8.78 Å².